The zero-order chi connectivity index (χ0) is 16.4. The van der Waals surface area contributed by atoms with Gasteiger partial charge in [0.15, 0.2) is 5.96 Å². The third-order valence-electron chi connectivity index (χ3n) is 3.48. The molecule has 1 atom stereocenters. The summed E-state index contributed by atoms with van der Waals surface area (Å²) in [5.74, 6) is 0.551. The first-order valence-electron chi connectivity index (χ1n) is 7.89. The van der Waals surface area contributed by atoms with Crippen molar-refractivity contribution < 1.29 is 9.13 Å². The van der Waals surface area contributed by atoms with E-state index in [0.717, 1.165) is 44.1 Å². The van der Waals surface area contributed by atoms with Crippen LogP contribution in [0.3, 0.4) is 0 Å². The van der Waals surface area contributed by atoms with Gasteiger partial charge in [-0.2, -0.15) is 0 Å². The van der Waals surface area contributed by atoms with Crippen molar-refractivity contribution in [1.29, 1.82) is 0 Å². The lowest BCUT2D eigenvalue weighted by atomic mass is 10.1. The van der Waals surface area contributed by atoms with Crippen LogP contribution in [0.25, 0.3) is 0 Å². The lowest BCUT2D eigenvalue weighted by Gasteiger charge is -2.18. The summed E-state index contributed by atoms with van der Waals surface area (Å²) in [4.78, 5) is 4.20. The highest BCUT2D eigenvalue weighted by atomic mass is 19.1. The van der Waals surface area contributed by atoms with Crippen molar-refractivity contribution in [2.75, 3.05) is 26.8 Å². The van der Waals surface area contributed by atoms with Crippen molar-refractivity contribution in [2.45, 2.75) is 39.7 Å². The molecule has 22 heavy (non-hydrogen) atoms. The molecule has 0 aromatic heterocycles. The summed E-state index contributed by atoms with van der Waals surface area (Å²) in [5, 5.41) is 6.54. The lowest BCUT2D eigenvalue weighted by molar-refractivity contribution is 0.143. The summed E-state index contributed by atoms with van der Waals surface area (Å²) in [6.45, 7) is 8.15. The molecule has 0 bridgehead atoms. The van der Waals surface area contributed by atoms with E-state index >= 15 is 0 Å². The van der Waals surface area contributed by atoms with Gasteiger partial charge in [0.2, 0.25) is 0 Å². The summed E-state index contributed by atoms with van der Waals surface area (Å²) in [7, 11) is 1.73. The molecule has 4 nitrogen and oxygen atoms in total. The minimum atomic E-state index is -0.176. The van der Waals surface area contributed by atoms with Crippen molar-refractivity contribution in [2.24, 2.45) is 4.99 Å². The Balaban J connectivity index is 2.40. The molecular formula is C17H28FN3O. The Bertz CT molecular complexity index is 477. The molecule has 0 aliphatic carbocycles. The van der Waals surface area contributed by atoms with Crippen LogP contribution in [0.5, 0.6) is 0 Å². The van der Waals surface area contributed by atoms with Crippen molar-refractivity contribution in [3.63, 3.8) is 0 Å². The van der Waals surface area contributed by atoms with Gasteiger partial charge in [0.1, 0.15) is 5.82 Å². The second-order valence-electron chi connectivity index (χ2n) is 5.28. The molecule has 2 N–H and O–H groups in total. The SMILES string of the molecule is CCOCCCCNC(=NC)NC(C)c1ccc(C)c(F)c1. The minimum absolute atomic E-state index is 0.00951. The van der Waals surface area contributed by atoms with E-state index in [4.69, 9.17) is 4.74 Å². The van der Waals surface area contributed by atoms with Crippen LogP contribution in [-0.2, 0) is 4.74 Å². The highest BCUT2D eigenvalue weighted by Crippen LogP contribution is 2.16. The molecule has 0 spiro atoms. The second-order valence-corrected chi connectivity index (χ2v) is 5.28. The van der Waals surface area contributed by atoms with Gasteiger partial charge in [0.25, 0.3) is 0 Å². The number of nitrogens with zero attached hydrogens (tertiary/aromatic N) is 1. The Morgan fingerprint density at radius 1 is 1.36 bits per heavy atom. The molecule has 0 aliphatic rings. The minimum Gasteiger partial charge on any atom is -0.382 e. The van der Waals surface area contributed by atoms with Crippen LogP contribution >= 0.6 is 0 Å². The largest absolute Gasteiger partial charge is 0.382 e. The van der Waals surface area contributed by atoms with Crippen LogP contribution in [0.1, 0.15) is 43.9 Å². The van der Waals surface area contributed by atoms with E-state index < -0.39 is 0 Å². The third-order valence-corrected chi connectivity index (χ3v) is 3.48. The number of hydrogen-bond donors (Lipinski definition) is 2. The van der Waals surface area contributed by atoms with Gasteiger partial charge < -0.3 is 15.4 Å². The van der Waals surface area contributed by atoms with E-state index in [2.05, 4.69) is 15.6 Å². The Kier molecular flexibility index (Phi) is 8.51. The number of hydrogen-bond acceptors (Lipinski definition) is 2. The fourth-order valence-corrected chi connectivity index (χ4v) is 2.04. The molecule has 5 heteroatoms. The number of guanidine groups is 1. The predicted octanol–water partition coefficient (Wildman–Crippen LogP) is 3.18. The van der Waals surface area contributed by atoms with Gasteiger partial charge in [-0.05, 0) is 50.8 Å². The number of rotatable bonds is 8. The van der Waals surface area contributed by atoms with Gasteiger partial charge in [-0.3, -0.25) is 4.99 Å². The highest BCUT2D eigenvalue weighted by Gasteiger charge is 2.09. The van der Waals surface area contributed by atoms with Crippen LogP contribution in [-0.4, -0.2) is 32.8 Å². The molecule has 0 radical (unpaired) electrons. The normalized spacial score (nSPS) is 13.0. The number of halogens is 1. The molecule has 0 heterocycles. The molecular weight excluding hydrogens is 281 g/mol. The maximum absolute atomic E-state index is 13.6. The molecule has 0 saturated heterocycles. The van der Waals surface area contributed by atoms with Crippen molar-refractivity contribution in [3.8, 4) is 0 Å². The van der Waals surface area contributed by atoms with Gasteiger partial charge in [0, 0.05) is 26.8 Å². The van der Waals surface area contributed by atoms with Gasteiger partial charge >= 0.3 is 0 Å². The predicted molar refractivity (Wildman–Crippen MR) is 89.8 cm³/mol. The Labute approximate surface area is 133 Å². The number of benzene rings is 1. The van der Waals surface area contributed by atoms with Gasteiger partial charge in [-0.1, -0.05) is 12.1 Å². The average Bonchev–Trinajstić information content (AvgIpc) is 2.51. The van der Waals surface area contributed by atoms with Gasteiger partial charge in [0.05, 0.1) is 6.04 Å². The fraction of sp³-hybridized carbons (Fsp3) is 0.588. The van der Waals surface area contributed by atoms with Crippen LogP contribution in [0.15, 0.2) is 23.2 Å². The monoisotopic (exact) mass is 309 g/mol. The Hall–Kier alpha value is -1.62. The highest BCUT2D eigenvalue weighted by molar-refractivity contribution is 5.80. The maximum Gasteiger partial charge on any atom is 0.191 e. The molecule has 124 valence electrons. The average molecular weight is 309 g/mol. The molecule has 1 aromatic rings. The van der Waals surface area contributed by atoms with E-state index in [1.807, 2.05) is 19.9 Å². The zero-order valence-corrected chi connectivity index (χ0v) is 14.1. The van der Waals surface area contributed by atoms with Crippen LogP contribution in [0.4, 0.5) is 4.39 Å². The molecule has 0 amide bonds. The topological polar surface area (TPSA) is 45.6 Å². The van der Waals surface area contributed by atoms with Gasteiger partial charge in [-0.25, -0.2) is 4.39 Å². The first kappa shape index (κ1) is 18.4. The number of nitrogens with one attached hydrogen (secondary N) is 2. The maximum atomic E-state index is 13.6. The first-order valence-corrected chi connectivity index (χ1v) is 7.89. The zero-order valence-electron chi connectivity index (χ0n) is 14.1. The van der Waals surface area contributed by atoms with E-state index in [-0.39, 0.29) is 11.9 Å². The van der Waals surface area contributed by atoms with E-state index in [1.54, 1.807) is 26.1 Å². The summed E-state index contributed by atoms with van der Waals surface area (Å²) in [6, 6.07) is 5.30. The van der Waals surface area contributed by atoms with Crippen LogP contribution < -0.4 is 10.6 Å². The Morgan fingerprint density at radius 2 is 2.14 bits per heavy atom. The van der Waals surface area contributed by atoms with Crippen molar-refractivity contribution in [3.05, 3.63) is 35.1 Å². The number of unbranched alkanes of at least 4 members (excludes halogenated alkanes) is 1. The van der Waals surface area contributed by atoms with Crippen molar-refractivity contribution in [1.82, 2.24) is 10.6 Å². The summed E-state index contributed by atoms with van der Waals surface area (Å²) < 4.78 is 18.9. The number of ether oxygens (including phenoxy) is 1. The molecule has 1 rings (SSSR count). The number of aryl methyl sites for hydroxylation is 1. The first-order chi connectivity index (χ1) is 10.6. The quantitative estimate of drug-likeness (QED) is 0.440. The summed E-state index contributed by atoms with van der Waals surface area (Å²) in [6.07, 6.45) is 2.05. The fourth-order valence-electron chi connectivity index (χ4n) is 2.04. The summed E-state index contributed by atoms with van der Waals surface area (Å²) in [5.41, 5.74) is 1.56. The Morgan fingerprint density at radius 3 is 2.77 bits per heavy atom. The molecule has 1 aromatic carbocycles. The smallest absolute Gasteiger partial charge is 0.191 e. The van der Waals surface area contributed by atoms with Gasteiger partial charge in [-0.15, -0.1) is 0 Å². The molecule has 0 aliphatic heterocycles. The third kappa shape index (κ3) is 6.43. The second kappa shape index (κ2) is 10.2. The molecule has 0 fully saturated rings. The van der Waals surface area contributed by atoms with E-state index in [9.17, 15) is 4.39 Å². The van der Waals surface area contributed by atoms with Crippen molar-refractivity contribution >= 4 is 5.96 Å². The molecule has 1 unspecified atom stereocenters. The van der Waals surface area contributed by atoms with Crippen LogP contribution in [0.2, 0.25) is 0 Å². The standard InChI is InChI=1S/C17H28FN3O/c1-5-22-11-7-6-10-20-17(19-4)21-14(3)15-9-8-13(2)16(18)12-15/h8-9,12,14H,5-7,10-11H2,1-4H3,(H2,19,20,21). The van der Waals surface area contributed by atoms with E-state index in [0.29, 0.717) is 5.56 Å². The van der Waals surface area contributed by atoms with E-state index in [1.165, 1.54) is 0 Å². The van der Waals surface area contributed by atoms with Crippen LogP contribution in [0, 0.1) is 12.7 Å². The molecule has 0 saturated carbocycles. The lowest BCUT2D eigenvalue weighted by Crippen LogP contribution is -2.39. The summed E-state index contributed by atoms with van der Waals surface area (Å²) >= 11 is 0. The number of aliphatic imine (C=N–C) groups is 1.